The van der Waals surface area contributed by atoms with Crippen molar-refractivity contribution >= 4 is 27.3 Å². The molecule has 0 amide bonds. The molecule has 0 fully saturated rings. The first-order valence-electron chi connectivity index (χ1n) is 5.91. The van der Waals surface area contributed by atoms with Crippen LogP contribution in [0.3, 0.4) is 0 Å². The molecule has 2 aromatic rings. The second-order valence-corrected chi connectivity index (χ2v) is 4.94. The summed E-state index contributed by atoms with van der Waals surface area (Å²) in [5.41, 5.74) is 1.83. The van der Waals surface area contributed by atoms with E-state index in [1.165, 1.54) is 13.2 Å². The van der Waals surface area contributed by atoms with Crippen LogP contribution in [0.5, 0.6) is 5.75 Å². The molecule has 20 heavy (non-hydrogen) atoms. The smallest absolute Gasteiger partial charge is 0.311 e. The third-order valence-electron chi connectivity index (χ3n) is 2.82. The van der Waals surface area contributed by atoms with Crippen LogP contribution in [0.2, 0.25) is 0 Å². The van der Waals surface area contributed by atoms with Crippen molar-refractivity contribution in [2.45, 2.75) is 6.54 Å². The number of methoxy groups -OCH3 is 1. The van der Waals surface area contributed by atoms with E-state index in [2.05, 4.69) is 21.2 Å². The Morgan fingerprint density at radius 2 is 2.05 bits per heavy atom. The summed E-state index contributed by atoms with van der Waals surface area (Å²) in [5.74, 6) is 0.243. The van der Waals surface area contributed by atoms with Gasteiger partial charge in [0.05, 0.1) is 12.0 Å². The Hall–Kier alpha value is -2.08. The van der Waals surface area contributed by atoms with Crippen molar-refractivity contribution in [1.29, 1.82) is 0 Å². The molecule has 0 aliphatic rings. The molecule has 0 spiro atoms. The summed E-state index contributed by atoms with van der Waals surface area (Å²) >= 11 is 3.47. The van der Waals surface area contributed by atoms with Crippen LogP contribution in [-0.2, 0) is 6.54 Å². The largest absolute Gasteiger partial charge is 0.490 e. The van der Waals surface area contributed by atoms with Gasteiger partial charge in [-0.05, 0) is 17.7 Å². The standard InChI is InChI=1S/C14H13BrN2O3/c1-20-14-8-11(6-7-13(14)17(18)19)16-9-10-4-2-3-5-12(10)15/h2-8,16H,9H2,1H3. The summed E-state index contributed by atoms with van der Waals surface area (Å²) in [6.45, 7) is 0.613. The van der Waals surface area contributed by atoms with Crippen LogP contribution in [0.25, 0.3) is 0 Å². The summed E-state index contributed by atoms with van der Waals surface area (Å²) in [7, 11) is 1.42. The van der Waals surface area contributed by atoms with Crippen molar-refractivity contribution < 1.29 is 9.66 Å². The topological polar surface area (TPSA) is 64.4 Å². The minimum absolute atomic E-state index is 0.0426. The monoisotopic (exact) mass is 336 g/mol. The average Bonchev–Trinajstić information content (AvgIpc) is 2.46. The van der Waals surface area contributed by atoms with E-state index in [-0.39, 0.29) is 11.4 Å². The normalized spacial score (nSPS) is 10.1. The number of ether oxygens (including phenoxy) is 1. The summed E-state index contributed by atoms with van der Waals surface area (Å²) in [4.78, 5) is 10.4. The van der Waals surface area contributed by atoms with E-state index in [1.54, 1.807) is 12.1 Å². The van der Waals surface area contributed by atoms with Crippen LogP contribution < -0.4 is 10.1 Å². The molecule has 0 aliphatic heterocycles. The number of hydrogen-bond donors (Lipinski definition) is 1. The first-order valence-corrected chi connectivity index (χ1v) is 6.71. The zero-order valence-electron chi connectivity index (χ0n) is 10.8. The van der Waals surface area contributed by atoms with Gasteiger partial charge in [-0.1, -0.05) is 34.1 Å². The van der Waals surface area contributed by atoms with Crippen molar-refractivity contribution in [3.8, 4) is 5.75 Å². The molecular weight excluding hydrogens is 324 g/mol. The lowest BCUT2D eigenvalue weighted by atomic mass is 10.2. The minimum Gasteiger partial charge on any atom is -0.490 e. The van der Waals surface area contributed by atoms with E-state index in [0.717, 1.165) is 15.7 Å². The van der Waals surface area contributed by atoms with Gasteiger partial charge in [0.1, 0.15) is 0 Å². The first-order chi connectivity index (χ1) is 9.61. The lowest BCUT2D eigenvalue weighted by molar-refractivity contribution is -0.385. The van der Waals surface area contributed by atoms with Crippen LogP contribution in [0.4, 0.5) is 11.4 Å². The molecular formula is C14H13BrN2O3. The minimum atomic E-state index is -0.462. The van der Waals surface area contributed by atoms with Crippen molar-refractivity contribution in [1.82, 2.24) is 0 Å². The van der Waals surface area contributed by atoms with Crippen LogP contribution >= 0.6 is 15.9 Å². The SMILES string of the molecule is COc1cc(NCc2ccccc2Br)ccc1[N+](=O)[O-]. The molecule has 0 aliphatic carbocycles. The van der Waals surface area contributed by atoms with Gasteiger partial charge in [0, 0.05) is 28.8 Å². The van der Waals surface area contributed by atoms with Gasteiger partial charge in [-0.3, -0.25) is 10.1 Å². The number of nitro groups is 1. The molecule has 0 saturated carbocycles. The van der Waals surface area contributed by atoms with E-state index in [4.69, 9.17) is 4.74 Å². The Balaban J connectivity index is 2.15. The zero-order chi connectivity index (χ0) is 14.5. The molecule has 6 heteroatoms. The van der Waals surface area contributed by atoms with Gasteiger partial charge >= 0.3 is 5.69 Å². The Morgan fingerprint density at radius 1 is 1.30 bits per heavy atom. The predicted molar refractivity (Wildman–Crippen MR) is 81.1 cm³/mol. The molecule has 0 radical (unpaired) electrons. The van der Waals surface area contributed by atoms with E-state index >= 15 is 0 Å². The fraction of sp³-hybridized carbons (Fsp3) is 0.143. The number of benzene rings is 2. The van der Waals surface area contributed by atoms with Gasteiger partial charge in [-0.15, -0.1) is 0 Å². The van der Waals surface area contributed by atoms with E-state index in [1.807, 2.05) is 24.3 Å². The van der Waals surface area contributed by atoms with E-state index in [9.17, 15) is 10.1 Å². The van der Waals surface area contributed by atoms with E-state index in [0.29, 0.717) is 6.54 Å². The van der Waals surface area contributed by atoms with Crippen molar-refractivity contribution in [2.75, 3.05) is 12.4 Å². The van der Waals surface area contributed by atoms with Crippen LogP contribution in [-0.4, -0.2) is 12.0 Å². The highest BCUT2D eigenvalue weighted by molar-refractivity contribution is 9.10. The maximum absolute atomic E-state index is 10.8. The quantitative estimate of drug-likeness (QED) is 0.662. The number of nitrogens with zero attached hydrogens (tertiary/aromatic N) is 1. The molecule has 0 saturated heterocycles. The van der Waals surface area contributed by atoms with Gasteiger partial charge in [0.15, 0.2) is 5.75 Å². The van der Waals surface area contributed by atoms with Crippen molar-refractivity contribution in [3.05, 3.63) is 62.6 Å². The molecule has 0 unspecified atom stereocenters. The second-order valence-electron chi connectivity index (χ2n) is 4.09. The third-order valence-corrected chi connectivity index (χ3v) is 3.59. The summed E-state index contributed by atoms with van der Waals surface area (Å²) in [6.07, 6.45) is 0. The zero-order valence-corrected chi connectivity index (χ0v) is 12.4. The average molecular weight is 337 g/mol. The van der Waals surface area contributed by atoms with Crippen LogP contribution in [0.1, 0.15) is 5.56 Å². The van der Waals surface area contributed by atoms with Crippen LogP contribution in [0.15, 0.2) is 46.9 Å². The Kier molecular flexibility index (Phi) is 4.57. The first kappa shape index (κ1) is 14.3. The highest BCUT2D eigenvalue weighted by Gasteiger charge is 2.14. The van der Waals surface area contributed by atoms with E-state index < -0.39 is 4.92 Å². The van der Waals surface area contributed by atoms with Crippen LogP contribution in [0, 0.1) is 10.1 Å². The molecule has 5 nitrogen and oxygen atoms in total. The van der Waals surface area contributed by atoms with Gasteiger partial charge in [0.2, 0.25) is 0 Å². The van der Waals surface area contributed by atoms with Crippen molar-refractivity contribution in [2.24, 2.45) is 0 Å². The molecule has 2 aromatic carbocycles. The number of halogens is 1. The van der Waals surface area contributed by atoms with Gasteiger partial charge in [-0.2, -0.15) is 0 Å². The molecule has 0 heterocycles. The number of nitrogens with one attached hydrogen (secondary N) is 1. The second kappa shape index (κ2) is 6.38. The summed E-state index contributed by atoms with van der Waals surface area (Å²) in [5, 5.41) is 14.0. The molecule has 1 N–H and O–H groups in total. The Morgan fingerprint density at radius 3 is 2.70 bits per heavy atom. The maximum Gasteiger partial charge on any atom is 0.311 e. The third kappa shape index (κ3) is 3.27. The molecule has 0 aromatic heterocycles. The number of rotatable bonds is 5. The molecule has 0 bridgehead atoms. The number of anilines is 1. The van der Waals surface area contributed by atoms with Gasteiger partial charge in [0.25, 0.3) is 0 Å². The number of hydrogen-bond acceptors (Lipinski definition) is 4. The Bertz CT molecular complexity index is 632. The lowest BCUT2D eigenvalue weighted by Crippen LogP contribution is -2.01. The molecule has 2 rings (SSSR count). The molecule has 104 valence electrons. The summed E-state index contributed by atoms with van der Waals surface area (Å²) in [6, 6.07) is 12.6. The summed E-state index contributed by atoms with van der Waals surface area (Å²) < 4.78 is 6.05. The highest BCUT2D eigenvalue weighted by atomic mass is 79.9. The predicted octanol–water partition coefficient (Wildman–Crippen LogP) is 3.98. The van der Waals surface area contributed by atoms with Gasteiger partial charge in [-0.25, -0.2) is 0 Å². The Labute approximate surface area is 124 Å². The molecule has 0 atom stereocenters. The number of nitro benzene ring substituents is 1. The van der Waals surface area contributed by atoms with Gasteiger partial charge < -0.3 is 10.1 Å². The highest BCUT2D eigenvalue weighted by Crippen LogP contribution is 2.30. The maximum atomic E-state index is 10.8. The fourth-order valence-electron chi connectivity index (χ4n) is 1.78. The lowest BCUT2D eigenvalue weighted by Gasteiger charge is -2.09. The van der Waals surface area contributed by atoms with Crippen molar-refractivity contribution in [3.63, 3.8) is 0 Å². The fourth-order valence-corrected chi connectivity index (χ4v) is 2.20.